The summed E-state index contributed by atoms with van der Waals surface area (Å²) in [5.74, 6) is -1.43. The van der Waals surface area contributed by atoms with Crippen molar-refractivity contribution in [2.45, 2.75) is 0 Å². The van der Waals surface area contributed by atoms with Gasteiger partial charge < -0.3 is 5.32 Å². The lowest BCUT2D eigenvalue weighted by Crippen LogP contribution is -2.37. The van der Waals surface area contributed by atoms with Gasteiger partial charge in [0.05, 0.1) is 16.9 Å². The number of anilines is 3. The van der Waals surface area contributed by atoms with Crippen molar-refractivity contribution in [3.63, 3.8) is 0 Å². The van der Waals surface area contributed by atoms with Crippen molar-refractivity contribution in [1.82, 2.24) is 4.98 Å². The van der Waals surface area contributed by atoms with E-state index in [0.717, 1.165) is 12.1 Å². The number of nitrogens with one attached hydrogen (secondary N) is 3. The van der Waals surface area contributed by atoms with Crippen LogP contribution in [-0.4, -0.2) is 16.7 Å². The van der Waals surface area contributed by atoms with Gasteiger partial charge in [0.15, 0.2) is 5.82 Å². The minimum atomic E-state index is -0.862. The van der Waals surface area contributed by atoms with E-state index < -0.39 is 11.6 Å². The van der Waals surface area contributed by atoms with Gasteiger partial charge in [-0.2, -0.15) is 0 Å². The van der Waals surface area contributed by atoms with Gasteiger partial charge in [0.2, 0.25) is 0 Å². The minimum Gasteiger partial charge on any atom is -0.338 e. The molecule has 0 unspecified atom stereocenters. The van der Waals surface area contributed by atoms with Crippen LogP contribution in [0.15, 0.2) is 60.8 Å². The third kappa shape index (κ3) is 2.50. The largest absolute Gasteiger partial charge is 0.338 e. The molecule has 3 N–H and O–H groups in total. The third-order valence-corrected chi connectivity index (χ3v) is 4.10. The van der Waals surface area contributed by atoms with E-state index >= 15 is 0 Å². The van der Waals surface area contributed by atoms with Gasteiger partial charge in [0.1, 0.15) is 23.3 Å². The molecule has 26 heavy (non-hydrogen) atoms. The van der Waals surface area contributed by atoms with Crippen molar-refractivity contribution < 1.29 is 8.78 Å². The highest BCUT2D eigenvalue weighted by Gasteiger charge is 2.29. The molecule has 0 fully saturated rings. The maximum Gasteiger partial charge on any atom is 0.154 e. The smallest absolute Gasteiger partial charge is 0.154 e. The fourth-order valence-electron chi connectivity index (χ4n) is 2.87. The highest BCUT2D eigenvalue weighted by Crippen LogP contribution is 2.35. The standard InChI is InChI=1S/C19H13F2N5/c20-11-7-8-12(14(21)10-11)17(22)26-16-6-3-9-24-19(16)25-15-5-2-1-4-13(15)18(26)23/h1-10,22-23H,(H,24,25). The maximum atomic E-state index is 14.2. The van der Waals surface area contributed by atoms with Crippen LogP contribution < -0.4 is 10.2 Å². The molecule has 0 aliphatic carbocycles. The predicted molar refractivity (Wildman–Crippen MR) is 96.5 cm³/mol. The lowest BCUT2D eigenvalue weighted by atomic mass is 10.1. The van der Waals surface area contributed by atoms with Crippen LogP contribution in [0.5, 0.6) is 0 Å². The zero-order valence-electron chi connectivity index (χ0n) is 13.4. The number of hydrogen-bond acceptors (Lipinski definition) is 4. The summed E-state index contributed by atoms with van der Waals surface area (Å²) in [4.78, 5) is 5.56. The molecule has 0 spiro atoms. The van der Waals surface area contributed by atoms with E-state index in [0.29, 0.717) is 22.8 Å². The molecule has 128 valence electrons. The second-order valence-corrected chi connectivity index (χ2v) is 5.70. The Hall–Kier alpha value is -3.61. The van der Waals surface area contributed by atoms with E-state index in [2.05, 4.69) is 10.3 Å². The summed E-state index contributed by atoms with van der Waals surface area (Å²) in [7, 11) is 0. The molecular weight excluding hydrogens is 336 g/mol. The van der Waals surface area contributed by atoms with Crippen molar-refractivity contribution in [3.05, 3.63) is 83.6 Å². The summed E-state index contributed by atoms with van der Waals surface area (Å²) < 4.78 is 27.5. The average molecular weight is 349 g/mol. The number of hydrogen-bond donors (Lipinski definition) is 3. The van der Waals surface area contributed by atoms with E-state index in [9.17, 15) is 8.78 Å². The number of fused-ring (bicyclic) bond motifs is 2. The zero-order valence-corrected chi connectivity index (χ0v) is 13.4. The molecule has 0 bridgehead atoms. The summed E-state index contributed by atoms with van der Waals surface area (Å²) in [5, 5.41) is 20.3. The molecule has 4 rings (SSSR count). The van der Waals surface area contributed by atoms with E-state index in [4.69, 9.17) is 10.8 Å². The second kappa shape index (κ2) is 6.03. The van der Waals surface area contributed by atoms with Crippen molar-refractivity contribution in [3.8, 4) is 0 Å². The molecule has 0 saturated carbocycles. The molecule has 7 heteroatoms. The Labute approximate surface area is 148 Å². The molecule has 0 radical (unpaired) electrons. The third-order valence-electron chi connectivity index (χ3n) is 4.10. The lowest BCUT2D eigenvalue weighted by Gasteiger charge is -2.25. The number of aromatic nitrogens is 1. The first-order valence-electron chi connectivity index (χ1n) is 7.80. The summed E-state index contributed by atoms with van der Waals surface area (Å²) >= 11 is 0. The fourth-order valence-corrected chi connectivity index (χ4v) is 2.87. The predicted octanol–water partition coefficient (Wildman–Crippen LogP) is 4.27. The highest BCUT2D eigenvalue weighted by molar-refractivity contribution is 6.30. The monoisotopic (exact) mass is 349 g/mol. The lowest BCUT2D eigenvalue weighted by molar-refractivity contribution is 0.581. The minimum absolute atomic E-state index is 0.00595. The van der Waals surface area contributed by atoms with Crippen LogP contribution in [0.4, 0.5) is 26.0 Å². The topological polar surface area (TPSA) is 75.9 Å². The molecule has 1 aliphatic heterocycles. The highest BCUT2D eigenvalue weighted by atomic mass is 19.1. The Bertz CT molecular complexity index is 1050. The second-order valence-electron chi connectivity index (χ2n) is 5.70. The van der Waals surface area contributed by atoms with Crippen LogP contribution in [-0.2, 0) is 0 Å². The molecule has 2 heterocycles. The van der Waals surface area contributed by atoms with Gasteiger partial charge in [-0.05, 0) is 36.4 Å². The summed E-state index contributed by atoms with van der Waals surface area (Å²) in [6.45, 7) is 0. The van der Waals surface area contributed by atoms with Gasteiger partial charge in [0, 0.05) is 17.8 Å². The molecule has 0 amide bonds. The Morgan fingerprint density at radius 1 is 1.04 bits per heavy atom. The van der Waals surface area contributed by atoms with Gasteiger partial charge in [-0.25, -0.2) is 13.8 Å². The number of pyridine rings is 1. The van der Waals surface area contributed by atoms with Crippen molar-refractivity contribution >= 4 is 28.9 Å². The average Bonchev–Trinajstić information content (AvgIpc) is 2.75. The molecule has 1 aliphatic rings. The Balaban J connectivity index is 1.91. The normalized spacial score (nSPS) is 12.7. The molecule has 5 nitrogen and oxygen atoms in total. The zero-order chi connectivity index (χ0) is 18.3. The Morgan fingerprint density at radius 2 is 1.85 bits per heavy atom. The van der Waals surface area contributed by atoms with Gasteiger partial charge in [-0.15, -0.1) is 0 Å². The van der Waals surface area contributed by atoms with Crippen LogP contribution in [0.1, 0.15) is 11.1 Å². The quantitative estimate of drug-likeness (QED) is 0.453. The summed E-state index contributed by atoms with van der Waals surface area (Å²) in [6.07, 6.45) is 1.59. The number of benzene rings is 2. The maximum absolute atomic E-state index is 14.2. The van der Waals surface area contributed by atoms with Crippen molar-refractivity contribution in [2.75, 3.05) is 10.2 Å². The van der Waals surface area contributed by atoms with Gasteiger partial charge in [-0.1, -0.05) is 12.1 Å². The first kappa shape index (κ1) is 15.9. The van der Waals surface area contributed by atoms with E-state index in [1.807, 2.05) is 6.07 Å². The van der Waals surface area contributed by atoms with Crippen molar-refractivity contribution in [1.29, 1.82) is 10.8 Å². The molecule has 0 atom stereocenters. The Kier molecular flexibility index (Phi) is 3.69. The van der Waals surface area contributed by atoms with Crippen LogP contribution in [0.3, 0.4) is 0 Å². The van der Waals surface area contributed by atoms with Crippen LogP contribution >= 0.6 is 0 Å². The summed E-state index contributed by atoms with van der Waals surface area (Å²) in [6, 6.07) is 13.5. The number of halogens is 2. The van der Waals surface area contributed by atoms with E-state index in [-0.39, 0.29) is 17.2 Å². The number of amidine groups is 2. The number of nitrogens with zero attached hydrogens (tertiary/aromatic N) is 2. The molecular formula is C19H13F2N5. The first-order chi connectivity index (χ1) is 12.6. The summed E-state index contributed by atoms with van der Waals surface area (Å²) in [5.41, 5.74) is 1.53. The number of rotatable bonds is 1. The van der Waals surface area contributed by atoms with Gasteiger partial charge in [-0.3, -0.25) is 15.7 Å². The molecule has 1 aromatic heterocycles. The van der Waals surface area contributed by atoms with Crippen LogP contribution in [0, 0.1) is 22.5 Å². The first-order valence-corrected chi connectivity index (χ1v) is 7.80. The number of para-hydroxylation sites is 1. The molecule has 2 aromatic carbocycles. The van der Waals surface area contributed by atoms with E-state index in [1.165, 1.54) is 11.0 Å². The fraction of sp³-hybridized carbons (Fsp3) is 0. The van der Waals surface area contributed by atoms with Gasteiger partial charge >= 0.3 is 0 Å². The Morgan fingerprint density at radius 3 is 2.65 bits per heavy atom. The van der Waals surface area contributed by atoms with Crippen molar-refractivity contribution in [2.24, 2.45) is 0 Å². The van der Waals surface area contributed by atoms with Crippen LogP contribution in [0.2, 0.25) is 0 Å². The van der Waals surface area contributed by atoms with Gasteiger partial charge in [0.25, 0.3) is 0 Å². The SMILES string of the molecule is N=C(c1ccc(F)cc1F)N1C(=N)c2ccccc2Nc2ncccc21. The van der Waals surface area contributed by atoms with E-state index in [1.54, 1.807) is 36.5 Å². The molecule has 0 saturated heterocycles. The van der Waals surface area contributed by atoms with Crippen LogP contribution in [0.25, 0.3) is 0 Å². The molecule has 3 aromatic rings.